The third-order valence-electron chi connectivity index (χ3n) is 3.50. The van der Waals surface area contributed by atoms with Crippen molar-refractivity contribution in [2.45, 2.75) is 20.0 Å². The number of hydrogen-bond donors (Lipinski definition) is 2. The summed E-state index contributed by atoms with van der Waals surface area (Å²) in [6.07, 6.45) is 2.92. The molecule has 0 fully saturated rings. The molecule has 2 N–H and O–H groups in total. The Morgan fingerprint density at radius 3 is 2.44 bits per heavy atom. The van der Waals surface area contributed by atoms with Gasteiger partial charge in [-0.1, -0.05) is 23.7 Å². The summed E-state index contributed by atoms with van der Waals surface area (Å²) < 4.78 is 5.71. The van der Waals surface area contributed by atoms with Crippen LogP contribution >= 0.6 is 11.6 Å². The molecule has 6 nitrogen and oxygen atoms in total. The van der Waals surface area contributed by atoms with Gasteiger partial charge < -0.3 is 15.4 Å². The maximum Gasteiger partial charge on any atom is 0.275 e. The van der Waals surface area contributed by atoms with Crippen LogP contribution in [0.15, 0.2) is 60.9 Å². The Morgan fingerprint density at radius 1 is 1.04 bits per heavy atom. The minimum atomic E-state index is -0.361. The Bertz CT molecular complexity index is 912. The fourth-order valence-corrected chi connectivity index (χ4v) is 2.43. The van der Waals surface area contributed by atoms with Gasteiger partial charge in [0.25, 0.3) is 5.91 Å². The van der Waals surface area contributed by atoms with Gasteiger partial charge in [0.05, 0.1) is 24.2 Å². The molecular weight excluding hydrogens is 364 g/mol. The number of hydrogen-bond acceptors (Lipinski definition) is 5. The van der Waals surface area contributed by atoms with Crippen LogP contribution in [0.2, 0.25) is 5.02 Å². The van der Waals surface area contributed by atoms with Crippen molar-refractivity contribution in [3.63, 3.8) is 0 Å². The highest BCUT2D eigenvalue weighted by molar-refractivity contribution is 6.30. The molecule has 0 aliphatic heterocycles. The average Bonchev–Trinajstić information content (AvgIpc) is 2.65. The predicted octanol–water partition coefficient (Wildman–Crippen LogP) is 4.91. The molecule has 1 aromatic heterocycles. The smallest absolute Gasteiger partial charge is 0.275 e. The van der Waals surface area contributed by atoms with Gasteiger partial charge in [0.15, 0.2) is 0 Å². The zero-order chi connectivity index (χ0) is 19.2. The lowest BCUT2D eigenvalue weighted by molar-refractivity contribution is 0.102. The van der Waals surface area contributed by atoms with E-state index in [2.05, 4.69) is 20.6 Å². The van der Waals surface area contributed by atoms with Crippen LogP contribution in [0.25, 0.3) is 0 Å². The highest BCUT2D eigenvalue weighted by atomic mass is 35.5. The monoisotopic (exact) mass is 382 g/mol. The molecule has 2 aromatic carbocycles. The highest BCUT2D eigenvalue weighted by Crippen LogP contribution is 2.25. The molecule has 3 rings (SSSR count). The Labute approximate surface area is 162 Å². The molecule has 1 amide bonds. The first-order valence-electron chi connectivity index (χ1n) is 8.43. The number of para-hydroxylation sites is 2. The first-order valence-corrected chi connectivity index (χ1v) is 8.81. The van der Waals surface area contributed by atoms with E-state index in [4.69, 9.17) is 16.3 Å². The highest BCUT2D eigenvalue weighted by Gasteiger charge is 2.12. The summed E-state index contributed by atoms with van der Waals surface area (Å²) >= 11 is 5.87. The maximum absolute atomic E-state index is 12.5. The summed E-state index contributed by atoms with van der Waals surface area (Å²) in [5.74, 6) is 0.771. The maximum atomic E-state index is 12.5. The number of rotatable bonds is 6. The molecule has 0 spiro atoms. The van der Waals surface area contributed by atoms with Gasteiger partial charge in [-0.25, -0.2) is 9.97 Å². The molecule has 138 valence electrons. The molecule has 0 unspecified atom stereocenters. The zero-order valence-corrected chi connectivity index (χ0v) is 15.7. The summed E-state index contributed by atoms with van der Waals surface area (Å²) in [4.78, 5) is 20.9. The first-order chi connectivity index (χ1) is 13.0. The summed E-state index contributed by atoms with van der Waals surface area (Å²) in [5, 5.41) is 6.55. The lowest BCUT2D eigenvalue weighted by Crippen LogP contribution is -2.16. The molecule has 1 heterocycles. The van der Waals surface area contributed by atoms with Crippen molar-refractivity contribution in [1.29, 1.82) is 0 Å². The van der Waals surface area contributed by atoms with Gasteiger partial charge in [-0.3, -0.25) is 4.79 Å². The lowest BCUT2D eigenvalue weighted by atomic mass is 10.2. The Kier molecular flexibility index (Phi) is 5.88. The van der Waals surface area contributed by atoms with Crippen molar-refractivity contribution in [3.8, 4) is 5.75 Å². The van der Waals surface area contributed by atoms with E-state index in [1.807, 2.05) is 38.1 Å². The second-order valence-corrected chi connectivity index (χ2v) is 6.47. The van der Waals surface area contributed by atoms with Crippen LogP contribution in [0.5, 0.6) is 5.75 Å². The van der Waals surface area contributed by atoms with E-state index in [-0.39, 0.29) is 17.7 Å². The number of ether oxygens (including phenoxy) is 1. The van der Waals surface area contributed by atoms with Crippen molar-refractivity contribution < 1.29 is 9.53 Å². The number of carbonyl (C=O) groups excluding carboxylic acids is 1. The van der Waals surface area contributed by atoms with Crippen LogP contribution in [0.4, 0.5) is 17.2 Å². The fourth-order valence-electron chi connectivity index (χ4n) is 2.30. The van der Waals surface area contributed by atoms with Crippen molar-refractivity contribution in [3.05, 3.63) is 71.6 Å². The topological polar surface area (TPSA) is 76.1 Å². The lowest BCUT2D eigenvalue weighted by Gasteiger charge is -2.14. The third kappa shape index (κ3) is 5.18. The Morgan fingerprint density at radius 2 is 1.78 bits per heavy atom. The molecule has 0 radical (unpaired) electrons. The molecule has 0 aliphatic carbocycles. The van der Waals surface area contributed by atoms with Gasteiger partial charge in [-0.15, -0.1) is 0 Å². The van der Waals surface area contributed by atoms with E-state index < -0.39 is 0 Å². The summed E-state index contributed by atoms with van der Waals surface area (Å²) in [5.41, 5.74) is 1.61. The van der Waals surface area contributed by atoms with E-state index in [0.717, 1.165) is 5.69 Å². The second kappa shape index (κ2) is 8.51. The first kappa shape index (κ1) is 18.7. The number of nitrogens with zero attached hydrogens (tertiary/aromatic N) is 2. The van der Waals surface area contributed by atoms with Crippen LogP contribution in [-0.4, -0.2) is 22.0 Å². The van der Waals surface area contributed by atoms with Crippen LogP contribution < -0.4 is 15.4 Å². The number of nitrogens with one attached hydrogen (secondary N) is 2. The second-order valence-electron chi connectivity index (χ2n) is 6.04. The molecular formula is C20H19ClN4O2. The number of halogens is 1. The van der Waals surface area contributed by atoms with Gasteiger partial charge in [-0.05, 0) is 50.2 Å². The predicted molar refractivity (Wildman–Crippen MR) is 107 cm³/mol. The van der Waals surface area contributed by atoms with Gasteiger partial charge in [-0.2, -0.15) is 0 Å². The van der Waals surface area contributed by atoms with Gasteiger partial charge in [0, 0.05) is 10.7 Å². The molecule has 7 heteroatoms. The van der Waals surface area contributed by atoms with Crippen LogP contribution in [0, 0.1) is 0 Å². The molecule has 3 aromatic rings. The van der Waals surface area contributed by atoms with E-state index >= 15 is 0 Å². The number of carbonyl (C=O) groups is 1. The summed E-state index contributed by atoms with van der Waals surface area (Å²) in [6.45, 7) is 3.85. The van der Waals surface area contributed by atoms with E-state index in [9.17, 15) is 4.79 Å². The quantitative estimate of drug-likeness (QED) is 0.633. The van der Waals surface area contributed by atoms with Crippen molar-refractivity contribution >= 4 is 34.7 Å². The van der Waals surface area contributed by atoms with E-state index in [1.54, 1.807) is 24.3 Å². The normalized spacial score (nSPS) is 10.5. The van der Waals surface area contributed by atoms with Crippen LogP contribution in [-0.2, 0) is 0 Å². The number of benzene rings is 2. The van der Waals surface area contributed by atoms with E-state index in [1.165, 1.54) is 12.4 Å². The summed E-state index contributed by atoms with van der Waals surface area (Å²) in [7, 11) is 0. The standard InChI is InChI=1S/C20H19ClN4O2/c1-13(2)27-18-6-4-3-5-16(18)25-20(26)17-11-23-19(12-22-17)24-15-9-7-14(21)8-10-15/h3-13H,1-2H3,(H,23,24)(H,25,26). The Hall–Kier alpha value is -3.12. The minimum Gasteiger partial charge on any atom is -0.489 e. The fraction of sp³-hybridized carbons (Fsp3) is 0.150. The minimum absolute atomic E-state index is 0.000990. The van der Waals surface area contributed by atoms with Crippen LogP contribution in [0.3, 0.4) is 0 Å². The average molecular weight is 383 g/mol. The van der Waals surface area contributed by atoms with Crippen molar-refractivity contribution in [2.24, 2.45) is 0 Å². The van der Waals surface area contributed by atoms with Gasteiger partial charge in [0.2, 0.25) is 0 Å². The molecule has 0 atom stereocenters. The van der Waals surface area contributed by atoms with E-state index in [0.29, 0.717) is 22.3 Å². The molecule has 27 heavy (non-hydrogen) atoms. The Balaban J connectivity index is 1.68. The number of amides is 1. The molecule has 0 saturated heterocycles. The third-order valence-corrected chi connectivity index (χ3v) is 3.75. The van der Waals surface area contributed by atoms with Crippen LogP contribution in [0.1, 0.15) is 24.3 Å². The van der Waals surface area contributed by atoms with Gasteiger partial charge in [0.1, 0.15) is 17.3 Å². The van der Waals surface area contributed by atoms with Gasteiger partial charge >= 0.3 is 0 Å². The molecule has 0 aliphatic rings. The zero-order valence-electron chi connectivity index (χ0n) is 14.9. The molecule has 0 bridgehead atoms. The SMILES string of the molecule is CC(C)Oc1ccccc1NC(=O)c1cnc(Nc2ccc(Cl)cc2)cn1. The number of aromatic nitrogens is 2. The van der Waals surface area contributed by atoms with Crippen molar-refractivity contribution in [1.82, 2.24) is 9.97 Å². The summed E-state index contributed by atoms with van der Waals surface area (Å²) in [6, 6.07) is 14.5. The molecule has 0 saturated carbocycles. The van der Waals surface area contributed by atoms with Crippen molar-refractivity contribution in [2.75, 3.05) is 10.6 Å². The number of anilines is 3. The largest absolute Gasteiger partial charge is 0.489 e.